The first-order valence-electron chi connectivity index (χ1n) is 5.13. The average Bonchev–Trinajstić information content (AvgIpc) is 2.57. The van der Waals surface area contributed by atoms with E-state index < -0.39 is 0 Å². The maximum absolute atomic E-state index is 10.9. The summed E-state index contributed by atoms with van der Waals surface area (Å²) in [6.07, 6.45) is 5.31. The van der Waals surface area contributed by atoms with E-state index in [1.807, 2.05) is 24.3 Å². The lowest BCUT2D eigenvalue weighted by molar-refractivity contribution is 0.112. The fourth-order valence-corrected chi connectivity index (χ4v) is 2.13. The maximum Gasteiger partial charge on any atom is 0.150 e. The molecule has 0 saturated carbocycles. The van der Waals surface area contributed by atoms with Crippen LogP contribution < -0.4 is 0 Å². The third-order valence-electron chi connectivity index (χ3n) is 2.83. The van der Waals surface area contributed by atoms with Crippen LogP contribution in [0.2, 0.25) is 0 Å². The third-order valence-corrected chi connectivity index (χ3v) is 2.83. The molecule has 1 aromatic rings. The highest BCUT2D eigenvalue weighted by Gasteiger charge is 2.18. The van der Waals surface area contributed by atoms with Crippen LogP contribution in [0.4, 0.5) is 0 Å². The Bertz CT molecular complexity index is 452. The SMILES string of the molecule is CC1=CC(c2ccccc2C=O)C(C)=C1. The molecule has 0 saturated heterocycles. The standard InChI is InChI=1S/C14H14O/c1-10-7-11(2)14(8-10)13-6-4-3-5-12(13)9-15/h3-9,14H,1-2H3. The molecular formula is C14H14O. The summed E-state index contributed by atoms with van der Waals surface area (Å²) in [5, 5.41) is 0. The minimum Gasteiger partial charge on any atom is -0.298 e. The minimum atomic E-state index is 0.284. The third kappa shape index (κ3) is 1.78. The van der Waals surface area contributed by atoms with Crippen LogP contribution in [-0.4, -0.2) is 6.29 Å². The maximum atomic E-state index is 10.9. The quantitative estimate of drug-likeness (QED) is 0.665. The van der Waals surface area contributed by atoms with Gasteiger partial charge in [-0.05, 0) is 19.4 Å². The van der Waals surface area contributed by atoms with Gasteiger partial charge in [-0.1, -0.05) is 47.6 Å². The van der Waals surface area contributed by atoms with E-state index in [4.69, 9.17) is 0 Å². The van der Waals surface area contributed by atoms with Crippen molar-refractivity contribution in [1.29, 1.82) is 0 Å². The number of carbonyl (C=O) groups is 1. The van der Waals surface area contributed by atoms with Crippen molar-refractivity contribution in [2.24, 2.45) is 0 Å². The van der Waals surface area contributed by atoms with Crippen LogP contribution in [-0.2, 0) is 0 Å². The van der Waals surface area contributed by atoms with Crippen LogP contribution in [0.3, 0.4) is 0 Å². The summed E-state index contributed by atoms with van der Waals surface area (Å²) in [5.74, 6) is 0.284. The van der Waals surface area contributed by atoms with Crippen molar-refractivity contribution in [3.05, 3.63) is 58.7 Å². The van der Waals surface area contributed by atoms with Crippen molar-refractivity contribution in [2.45, 2.75) is 19.8 Å². The summed E-state index contributed by atoms with van der Waals surface area (Å²) >= 11 is 0. The summed E-state index contributed by atoms with van der Waals surface area (Å²) in [7, 11) is 0. The number of aldehydes is 1. The predicted octanol–water partition coefficient (Wildman–Crippen LogP) is 3.49. The number of carbonyl (C=O) groups excluding carboxylic acids is 1. The molecule has 0 bridgehead atoms. The second-order valence-corrected chi connectivity index (χ2v) is 4.02. The molecule has 2 rings (SSSR count). The van der Waals surface area contributed by atoms with Crippen LogP contribution in [0.15, 0.2) is 47.6 Å². The van der Waals surface area contributed by atoms with Gasteiger partial charge in [0.2, 0.25) is 0 Å². The zero-order valence-electron chi connectivity index (χ0n) is 9.03. The molecule has 0 radical (unpaired) electrons. The molecule has 0 fully saturated rings. The highest BCUT2D eigenvalue weighted by molar-refractivity contribution is 5.78. The number of rotatable bonds is 2. The van der Waals surface area contributed by atoms with Crippen LogP contribution in [0.5, 0.6) is 0 Å². The molecule has 1 nitrogen and oxygen atoms in total. The van der Waals surface area contributed by atoms with Crippen LogP contribution in [0.1, 0.15) is 35.7 Å². The van der Waals surface area contributed by atoms with Crippen LogP contribution >= 0.6 is 0 Å². The Morgan fingerprint density at radius 3 is 2.53 bits per heavy atom. The van der Waals surface area contributed by atoms with E-state index in [0.717, 1.165) is 17.4 Å². The van der Waals surface area contributed by atoms with Crippen LogP contribution in [0.25, 0.3) is 0 Å². The first-order valence-corrected chi connectivity index (χ1v) is 5.13. The molecule has 0 aromatic heterocycles. The summed E-state index contributed by atoms with van der Waals surface area (Å²) in [6, 6.07) is 7.78. The average molecular weight is 198 g/mol. The Hall–Kier alpha value is -1.63. The molecule has 1 aliphatic carbocycles. The van der Waals surface area contributed by atoms with E-state index in [0.29, 0.717) is 0 Å². The molecule has 15 heavy (non-hydrogen) atoms. The number of hydrogen-bond donors (Lipinski definition) is 0. The van der Waals surface area contributed by atoms with Crippen LogP contribution in [0, 0.1) is 0 Å². The first kappa shape index (κ1) is 9.91. The van der Waals surface area contributed by atoms with E-state index in [9.17, 15) is 4.79 Å². The second-order valence-electron chi connectivity index (χ2n) is 4.02. The molecule has 0 amide bonds. The van der Waals surface area contributed by atoms with Gasteiger partial charge >= 0.3 is 0 Å². The van der Waals surface area contributed by atoms with Gasteiger partial charge < -0.3 is 0 Å². The lowest BCUT2D eigenvalue weighted by Crippen LogP contribution is -1.98. The van der Waals surface area contributed by atoms with Gasteiger partial charge in [0.15, 0.2) is 0 Å². The first-order chi connectivity index (χ1) is 7.22. The monoisotopic (exact) mass is 198 g/mol. The van der Waals surface area contributed by atoms with Gasteiger partial charge in [-0.25, -0.2) is 0 Å². The molecule has 1 atom stereocenters. The predicted molar refractivity (Wildman–Crippen MR) is 62.1 cm³/mol. The van der Waals surface area contributed by atoms with Crippen molar-refractivity contribution in [2.75, 3.05) is 0 Å². The highest BCUT2D eigenvalue weighted by Crippen LogP contribution is 2.33. The fraction of sp³-hybridized carbons (Fsp3) is 0.214. The Balaban J connectivity index is 2.47. The van der Waals surface area contributed by atoms with Gasteiger partial charge in [0.05, 0.1) is 0 Å². The van der Waals surface area contributed by atoms with Gasteiger partial charge in [0.25, 0.3) is 0 Å². The molecule has 0 spiro atoms. The van der Waals surface area contributed by atoms with Gasteiger partial charge in [0, 0.05) is 11.5 Å². The summed E-state index contributed by atoms with van der Waals surface area (Å²) in [6.45, 7) is 4.20. The van der Waals surface area contributed by atoms with Gasteiger partial charge in [0.1, 0.15) is 6.29 Å². The Kier molecular flexibility index (Phi) is 2.55. The van der Waals surface area contributed by atoms with Gasteiger partial charge in [-0.2, -0.15) is 0 Å². The topological polar surface area (TPSA) is 17.1 Å². The van der Waals surface area contributed by atoms with E-state index >= 15 is 0 Å². The largest absolute Gasteiger partial charge is 0.298 e. The van der Waals surface area contributed by atoms with Crippen molar-refractivity contribution in [1.82, 2.24) is 0 Å². The summed E-state index contributed by atoms with van der Waals surface area (Å²) < 4.78 is 0. The van der Waals surface area contributed by atoms with Crippen molar-refractivity contribution < 1.29 is 4.79 Å². The van der Waals surface area contributed by atoms with E-state index in [-0.39, 0.29) is 5.92 Å². The van der Waals surface area contributed by atoms with E-state index in [1.165, 1.54) is 11.1 Å². The van der Waals surface area contributed by atoms with Gasteiger partial charge in [-0.3, -0.25) is 4.79 Å². The molecule has 1 heteroatoms. The molecule has 1 aromatic carbocycles. The molecule has 0 N–H and O–H groups in total. The van der Waals surface area contributed by atoms with E-state index in [1.54, 1.807) is 0 Å². The molecule has 0 heterocycles. The molecule has 1 aliphatic rings. The Labute approximate surface area is 90.1 Å². The van der Waals surface area contributed by atoms with E-state index in [2.05, 4.69) is 26.0 Å². The second kappa shape index (κ2) is 3.85. The number of allylic oxidation sites excluding steroid dienone is 4. The zero-order chi connectivity index (χ0) is 10.8. The molecule has 76 valence electrons. The number of benzene rings is 1. The molecular weight excluding hydrogens is 184 g/mol. The fourth-order valence-electron chi connectivity index (χ4n) is 2.13. The molecule has 1 unspecified atom stereocenters. The lowest BCUT2D eigenvalue weighted by Gasteiger charge is -2.12. The lowest BCUT2D eigenvalue weighted by atomic mass is 9.91. The normalized spacial score (nSPS) is 19.7. The van der Waals surface area contributed by atoms with Crippen molar-refractivity contribution in [3.8, 4) is 0 Å². The van der Waals surface area contributed by atoms with Crippen molar-refractivity contribution in [3.63, 3.8) is 0 Å². The summed E-state index contributed by atoms with van der Waals surface area (Å²) in [4.78, 5) is 10.9. The Morgan fingerprint density at radius 1 is 1.20 bits per heavy atom. The minimum absolute atomic E-state index is 0.284. The highest BCUT2D eigenvalue weighted by atomic mass is 16.1. The molecule has 0 aliphatic heterocycles. The van der Waals surface area contributed by atoms with Gasteiger partial charge in [-0.15, -0.1) is 0 Å². The Morgan fingerprint density at radius 2 is 1.93 bits per heavy atom. The summed E-state index contributed by atoms with van der Waals surface area (Å²) in [5.41, 5.74) is 4.49. The van der Waals surface area contributed by atoms with Crippen molar-refractivity contribution >= 4 is 6.29 Å². The zero-order valence-corrected chi connectivity index (χ0v) is 9.03. The number of hydrogen-bond acceptors (Lipinski definition) is 1. The smallest absolute Gasteiger partial charge is 0.150 e.